The highest BCUT2D eigenvalue weighted by Crippen LogP contribution is 2.16. The summed E-state index contributed by atoms with van der Waals surface area (Å²) in [6.07, 6.45) is 0.852. The third-order valence-electron chi connectivity index (χ3n) is 3.62. The number of anilines is 1. The lowest BCUT2D eigenvalue weighted by molar-refractivity contribution is 0.0952. The van der Waals surface area contributed by atoms with Gasteiger partial charge < -0.3 is 10.6 Å². The Morgan fingerprint density at radius 2 is 1.85 bits per heavy atom. The van der Waals surface area contributed by atoms with Crippen molar-refractivity contribution in [3.05, 3.63) is 62.7 Å². The average molecular weight is 481 g/mol. The van der Waals surface area contributed by atoms with Gasteiger partial charge in [-0.1, -0.05) is 25.1 Å². The van der Waals surface area contributed by atoms with Crippen LogP contribution in [0, 0.1) is 10.5 Å². The van der Waals surface area contributed by atoms with Crippen LogP contribution in [0.4, 0.5) is 5.69 Å². The number of carbonyl (C=O) groups is 2. The van der Waals surface area contributed by atoms with E-state index < -0.39 is 0 Å². The monoisotopic (exact) mass is 481 g/mol. The summed E-state index contributed by atoms with van der Waals surface area (Å²) in [7, 11) is 0. The van der Waals surface area contributed by atoms with Gasteiger partial charge in [0.05, 0.1) is 11.3 Å². The normalized spacial score (nSPS) is 10.1. The number of benzene rings is 2. The number of para-hydroxylation sites is 1. The van der Waals surface area contributed by atoms with E-state index in [0.29, 0.717) is 23.4 Å². The van der Waals surface area contributed by atoms with Crippen LogP contribution in [0.15, 0.2) is 42.5 Å². The molecule has 7 heteroatoms. The van der Waals surface area contributed by atoms with Crippen molar-refractivity contribution in [2.45, 2.75) is 20.3 Å². The van der Waals surface area contributed by atoms with E-state index in [0.717, 1.165) is 15.6 Å². The fraction of sp³-hybridized carbons (Fsp3) is 0.211. The van der Waals surface area contributed by atoms with Crippen LogP contribution in [0.5, 0.6) is 0 Å². The molecule has 2 amide bonds. The Bertz CT molecular complexity index is 839. The predicted molar refractivity (Wildman–Crippen MR) is 117 cm³/mol. The number of halogens is 1. The third-order valence-corrected chi connectivity index (χ3v) is 4.98. The number of amides is 2. The fourth-order valence-electron chi connectivity index (χ4n) is 2.19. The highest BCUT2D eigenvalue weighted by molar-refractivity contribution is 14.1. The molecule has 0 heterocycles. The molecule has 5 nitrogen and oxygen atoms in total. The van der Waals surface area contributed by atoms with Gasteiger partial charge in [-0.05, 0) is 78.0 Å². The van der Waals surface area contributed by atoms with Crippen LogP contribution in [-0.4, -0.2) is 23.5 Å². The van der Waals surface area contributed by atoms with Crippen LogP contribution in [0.1, 0.15) is 39.6 Å². The van der Waals surface area contributed by atoms with Crippen molar-refractivity contribution in [3.8, 4) is 0 Å². The lowest BCUT2D eigenvalue weighted by Crippen LogP contribution is -2.35. The minimum atomic E-state index is -0.298. The van der Waals surface area contributed by atoms with Crippen molar-refractivity contribution < 1.29 is 9.59 Å². The number of aryl methyl sites for hydroxylation is 1. The average Bonchev–Trinajstić information content (AvgIpc) is 2.62. The summed E-state index contributed by atoms with van der Waals surface area (Å²) in [6.45, 7) is 4.57. The maximum Gasteiger partial charge on any atom is 0.257 e. The topological polar surface area (TPSA) is 70.2 Å². The summed E-state index contributed by atoms with van der Waals surface area (Å²) in [5.74, 6) is -0.481. The number of hydrogen-bond donors (Lipinski definition) is 3. The van der Waals surface area contributed by atoms with Crippen LogP contribution in [-0.2, 0) is 0 Å². The van der Waals surface area contributed by atoms with Crippen molar-refractivity contribution in [2.75, 3.05) is 11.9 Å². The van der Waals surface area contributed by atoms with E-state index in [1.54, 1.807) is 36.4 Å². The quantitative estimate of drug-likeness (QED) is 0.448. The smallest absolute Gasteiger partial charge is 0.257 e. The zero-order valence-corrected chi connectivity index (χ0v) is 17.5. The zero-order valence-electron chi connectivity index (χ0n) is 14.6. The van der Waals surface area contributed by atoms with Gasteiger partial charge in [-0.25, -0.2) is 0 Å². The minimum absolute atomic E-state index is 0.140. The number of carbonyl (C=O) groups excluding carboxylic acids is 2. The summed E-state index contributed by atoms with van der Waals surface area (Å²) in [4.78, 5) is 24.6. The molecule has 3 N–H and O–H groups in total. The second-order valence-corrected chi connectivity index (χ2v) is 7.24. The van der Waals surface area contributed by atoms with E-state index in [1.807, 2.05) is 19.9 Å². The number of hydrogen-bond acceptors (Lipinski definition) is 3. The Kier molecular flexibility index (Phi) is 7.52. The van der Waals surface area contributed by atoms with Gasteiger partial charge in [0, 0.05) is 15.7 Å². The van der Waals surface area contributed by atoms with E-state index in [2.05, 4.69) is 38.5 Å². The molecule has 2 aromatic carbocycles. The molecule has 0 aliphatic carbocycles. The van der Waals surface area contributed by atoms with Gasteiger partial charge in [0.25, 0.3) is 11.8 Å². The minimum Gasteiger partial charge on any atom is -0.352 e. The molecule has 0 saturated carbocycles. The molecule has 2 rings (SSSR count). The van der Waals surface area contributed by atoms with E-state index in [-0.39, 0.29) is 16.9 Å². The molecule has 0 radical (unpaired) electrons. The van der Waals surface area contributed by atoms with Crippen molar-refractivity contribution in [1.29, 1.82) is 0 Å². The SMILES string of the molecule is CCCNC(=O)c1ccccc1NC(=S)NC(=O)c1ccc(C)c(I)c1. The molecular weight excluding hydrogens is 461 g/mol. The Hall–Kier alpha value is -2.00. The molecular formula is C19H20IN3O2S. The van der Waals surface area contributed by atoms with Gasteiger partial charge in [-0.15, -0.1) is 0 Å². The Morgan fingerprint density at radius 1 is 1.12 bits per heavy atom. The summed E-state index contributed by atoms with van der Waals surface area (Å²) in [5.41, 5.74) is 2.65. The van der Waals surface area contributed by atoms with Crippen LogP contribution < -0.4 is 16.0 Å². The molecule has 2 aromatic rings. The maximum atomic E-state index is 12.3. The fourth-order valence-corrected chi connectivity index (χ4v) is 2.90. The molecule has 136 valence electrons. The molecule has 0 aliphatic rings. The van der Waals surface area contributed by atoms with Gasteiger partial charge in [0.2, 0.25) is 0 Å². The van der Waals surface area contributed by atoms with Crippen molar-refractivity contribution in [3.63, 3.8) is 0 Å². The first kappa shape index (κ1) is 20.3. The molecule has 0 bridgehead atoms. The lowest BCUT2D eigenvalue weighted by atomic mass is 10.1. The molecule has 0 saturated heterocycles. The van der Waals surface area contributed by atoms with E-state index in [1.165, 1.54) is 0 Å². The summed E-state index contributed by atoms with van der Waals surface area (Å²) >= 11 is 7.41. The lowest BCUT2D eigenvalue weighted by Gasteiger charge is -2.13. The van der Waals surface area contributed by atoms with Gasteiger partial charge in [0.15, 0.2) is 5.11 Å². The summed E-state index contributed by atoms with van der Waals surface area (Å²) in [6, 6.07) is 12.5. The number of rotatable bonds is 5. The molecule has 0 fully saturated rings. The Labute approximate surface area is 172 Å². The predicted octanol–water partition coefficient (Wildman–Crippen LogP) is 3.87. The first-order valence-electron chi connectivity index (χ1n) is 8.18. The van der Waals surface area contributed by atoms with E-state index in [9.17, 15) is 9.59 Å². The van der Waals surface area contributed by atoms with Crippen LogP contribution in [0.2, 0.25) is 0 Å². The van der Waals surface area contributed by atoms with Crippen molar-refractivity contribution in [2.24, 2.45) is 0 Å². The van der Waals surface area contributed by atoms with E-state index >= 15 is 0 Å². The van der Waals surface area contributed by atoms with Gasteiger partial charge in [0.1, 0.15) is 0 Å². The standard InChI is InChI=1S/C19H20IN3O2S/c1-3-10-21-18(25)14-6-4-5-7-16(14)22-19(26)23-17(24)13-9-8-12(2)15(20)11-13/h4-9,11H,3,10H2,1-2H3,(H,21,25)(H2,22,23,24,26). The maximum absolute atomic E-state index is 12.3. The number of thiocarbonyl (C=S) groups is 1. The molecule has 0 spiro atoms. The van der Waals surface area contributed by atoms with Crippen LogP contribution >= 0.6 is 34.8 Å². The van der Waals surface area contributed by atoms with Crippen LogP contribution in [0.25, 0.3) is 0 Å². The zero-order chi connectivity index (χ0) is 19.1. The van der Waals surface area contributed by atoms with Crippen LogP contribution in [0.3, 0.4) is 0 Å². The summed E-state index contributed by atoms with van der Waals surface area (Å²) in [5, 5.41) is 8.55. The summed E-state index contributed by atoms with van der Waals surface area (Å²) < 4.78 is 1.01. The molecule has 0 aliphatic heterocycles. The van der Waals surface area contributed by atoms with Crippen molar-refractivity contribution >= 4 is 57.4 Å². The Balaban J connectivity index is 2.07. The molecule has 26 heavy (non-hydrogen) atoms. The highest BCUT2D eigenvalue weighted by atomic mass is 127. The third kappa shape index (κ3) is 5.50. The highest BCUT2D eigenvalue weighted by Gasteiger charge is 2.13. The molecule has 0 aromatic heterocycles. The number of nitrogens with one attached hydrogen (secondary N) is 3. The first-order chi connectivity index (χ1) is 12.4. The largest absolute Gasteiger partial charge is 0.352 e. The molecule has 0 atom stereocenters. The second-order valence-electron chi connectivity index (χ2n) is 5.67. The first-order valence-corrected chi connectivity index (χ1v) is 9.66. The van der Waals surface area contributed by atoms with Gasteiger partial charge in [-0.2, -0.15) is 0 Å². The van der Waals surface area contributed by atoms with E-state index in [4.69, 9.17) is 12.2 Å². The van der Waals surface area contributed by atoms with Crippen molar-refractivity contribution in [1.82, 2.24) is 10.6 Å². The van der Waals surface area contributed by atoms with Gasteiger partial charge >= 0.3 is 0 Å². The Morgan fingerprint density at radius 3 is 2.54 bits per heavy atom. The van der Waals surface area contributed by atoms with Gasteiger partial charge in [-0.3, -0.25) is 14.9 Å². The molecule has 0 unspecified atom stereocenters. The second kappa shape index (κ2) is 9.63.